The van der Waals surface area contributed by atoms with E-state index < -0.39 is 0 Å². The Hall–Kier alpha value is -1.34. The van der Waals surface area contributed by atoms with Gasteiger partial charge in [0, 0.05) is 18.2 Å². The molecule has 1 spiro atoms. The van der Waals surface area contributed by atoms with Gasteiger partial charge >= 0.3 is 0 Å². The lowest BCUT2D eigenvalue weighted by atomic mass is 9.92. The number of nitrogens with one attached hydrogen (secondary N) is 2. The maximum absolute atomic E-state index is 6.49. The van der Waals surface area contributed by atoms with E-state index in [1.54, 1.807) is 7.11 Å². The van der Waals surface area contributed by atoms with Crippen molar-refractivity contribution in [2.45, 2.75) is 43.4 Å². The number of piperidine rings is 1. The Morgan fingerprint density at radius 3 is 3.04 bits per heavy atom. The van der Waals surface area contributed by atoms with Crippen LogP contribution in [0.3, 0.4) is 0 Å². The van der Waals surface area contributed by atoms with E-state index in [4.69, 9.17) is 18.9 Å². The fourth-order valence-electron chi connectivity index (χ4n) is 4.21. The lowest BCUT2D eigenvalue weighted by Gasteiger charge is -2.44. The van der Waals surface area contributed by atoms with Crippen molar-refractivity contribution < 1.29 is 18.9 Å². The van der Waals surface area contributed by atoms with Crippen LogP contribution in [0.25, 0.3) is 0 Å². The van der Waals surface area contributed by atoms with Gasteiger partial charge in [-0.25, -0.2) is 0 Å². The predicted octanol–water partition coefficient (Wildman–Crippen LogP) is 2.04. The molecule has 0 bridgehead atoms. The van der Waals surface area contributed by atoms with Gasteiger partial charge in [0.2, 0.25) is 0 Å². The summed E-state index contributed by atoms with van der Waals surface area (Å²) < 4.78 is 23.7. The van der Waals surface area contributed by atoms with E-state index in [0.29, 0.717) is 6.61 Å². The third-order valence-electron chi connectivity index (χ3n) is 5.68. The molecule has 1 aromatic rings. The largest absolute Gasteiger partial charge is 0.497 e. The van der Waals surface area contributed by atoms with Crippen LogP contribution in [0.2, 0.25) is 0 Å². The molecule has 0 amide bonds. The van der Waals surface area contributed by atoms with Crippen molar-refractivity contribution in [3.8, 4) is 11.5 Å². The lowest BCUT2D eigenvalue weighted by Crippen LogP contribution is -2.55. The molecule has 6 nitrogen and oxygen atoms in total. The summed E-state index contributed by atoms with van der Waals surface area (Å²) in [5.41, 5.74) is 1.08. The zero-order valence-corrected chi connectivity index (χ0v) is 15.6. The third kappa shape index (κ3) is 3.98. The molecule has 6 heteroatoms. The fourth-order valence-corrected chi connectivity index (χ4v) is 4.21. The highest BCUT2D eigenvalue weighted by Crippen LogP contribution is 2.35. The van der Waals surface area contributed by atoms with Crippen molar-refractivity contribution in [1.82, 2.24) is 10.6 Å². The van der Waals surface area contributed by atoms with Gasteiger partial charge in [0.15, 0.2) is 0 Å². The monoisotopic (exact) mass is 362 g/mol. The zero-order chi connectivity index (χ0) is 17.8. The van der Waals surface area contributed by atoms with Gasteiger partial charge in [0.05, 0.1) is 38.6 Å². The van der Waals surface area contributed by atoms with Gasteiger partial charge in [-0.1, -0.05) is 0 Å². The fraction of sp³-hybridized carbons (Fsp3) is 0.700. The Labute approximate surface area is 155 Å². The van der Waals surface area contributed by atoms with Gasteiger partial charge in [0.25, 0.3) is 0 Å². The molecule has 144 valence electrons. The molecule has 2 fully saturated rings. The number of fused-ring (bicyclic) bond motifs is 1. The van der Waals surface area contributed by atoms with Crippen LogP contribution in [0.15, 0.2) is 18.2 Å². The molecule has 1 aromatic carbocycles. The highest BCUT2D eigenvalue weighted by Gasteiger charge is 2.39. The van der Waals surface area contributed by atoms with Crippen LogP contribution in [0.1, 0.15) is 37.3 Å². The highest BCUT2D eigenvalue weighted by atomic mass is 16.6. The molecule has 2 atom stereocenters. The smallest absolute Gasteiger partial charge is 0.124 e. The lowest BCUT2D eigenvalue weighted by molar-refractivity contribution is -0.206. The van der Waals surface area contributed by atoms with Gasteiger partial charge in [-0.15, -0.1) is 0 Å². The van der Waals surface area contributed by atoms with E-state index in [-0.39, 0.29) is 17.7 Å². The van der Waals surface area contributed by atoms with Gasteiger partial charge in [0.1, 0.15) is 11.5 Å². The van der Waals surface area contributed by atoms with Crippen molar-refractivity contribution in [2.75, 3.05) is 46.6 Å². The first-order chi connectivity index (χ1) is 12.8. The molecular formula is C20H30N2O4. The maximum atomic E-state index is 6.49. The Morgan fingerprint density at radius 2 is 2.19 bits per heavy atom. The van der Waals surface area contributed by atoms with E-state index in [9.17, 15) is 0 Å². The number of benzene rings is 1. The first kappa shape index (κ1) is 18.0. The van der Waals surface area contributed by atoms with Crippen molar-refractivity contribution in [2.24, 2.45) is 0 Å². The van der Waals surface area contributed by atoms with Crippen LogP contribution in [0.5, 0.6) is 11.5 Å². The molecule has 3 aliphatic rings. The molecule has 3 heterocycles. The number of hydrogen-bond acceptors (Lipinski definition) is 6. The summed E-state index contributed by atoms with van der Waals surface area (Å²) in [4.78, 5) is 0. The zero-order valence-electron chi connectivity index (χ0n) is 15.6. The first-order valence-corrected chi connectivity index (χ1v) is 9.78. The molecule has 2 N–H and O–H groups in total. The first-order valence-electron chi connectivity index (χ1n) is 9.78. The summed E-state index contributed by atoms with van der Waals surface area (Å²) in [6, 6.07) is 6.31. The van der Waals surface area contributed by atoms with Crippen LogP contribution in [0.4, 0.5) is 0 Å². The maximum Gasteiger partial charge on any atom is 0.124 e. The summed E-state index contributed by atoms with van der Waals surface area (Å²) in [6.45, 7) is 4.96. The van der Waals surface area contributed by atoms with Crippen LogP contribution in [-0.2, 0) is 9.47 Å². The summed E-state index contributed by atoms with van der Waals surface area (Å²) >= 11 is 0. The van der Waals surface area contributed by atoms with Crippen LogP contribution >= 0.6 is 0 Å². The molecule has 2 saturated heterocycles. The molecule has 3 aliphatic heterocycles. The molecule has 26 heavy (non-hydrogen) atoms. The molecule has 0 radical (unpaired) electrons. The SMILES string of the molecule is COc1ccc2c(c1)C(NCC1COCC3(CCNCC3)O1)CCCO2. The second-order valence-corrected chi connectivity index (χ2v) is 7.54. The summed E-state index contributed by atoms with van der Waals surface area (Å²) in [7, 11) is 1.70. The van der Waals surface area contributed by atoms with E-state index >= 15 is 0 Å². The molecule has 2 unspecified atom stereocenters. The summed E-state index contributed by atoms with van der Waals surface area (Å²) in [5, 5.41) is 7.11. The van der Waals surface area contributed by atoms with Crippen molar-refractivity contribution in [3.05, 3.63) is 23.8 Å². The van der Waals surface area contributed by atoms with Gasteiger partial charge in [-0.3, -0.25) is 0 Å². The summed E-state index contributed by atoms with van der Waals surface area (Å²) in [5.74, 6) is 1.82. The highest BCUT2D eigenvalue weighted by molar-refractivity contribution is 5.42. The molecule has 0 saturated carbocycles. The van der Waals surface area contributed by atoms with Crippen LogP contribution in [-0.4, -0.2) is 58.3 Å². The van der Waals surface area contributed by atoms with Crippen LogP contribution in [0, 0.1) is 0 Å². The number of ether oxygens (including phenoxy) is 4. The number of hydrogen-bond donors (Lipinski definition) is 2. The molecule has 0 aromatic heterocycles. The van der Waals surface area contributed by atoms with Crippen molar-refractivity contribution >= 4 is 0 Å². The normalized spacial score (nSPS) is 28.0. The van der Waals surface area contributed by atoms with E-state index in [0.717, 1.165) is 70.0 Å². The molecule has 0 aliphatic carbocycles. The Bertz CT molecular complexity index is 598. The van der Waals surface area contributed by atoms with Gasteiger partial charge in [-0.05, 0) is 57.0 Å². The Morgan fingerprint density at radius 1 is 1.31 bits per heavy atom. The van der Waals surface area contributed by atoms with Crippen molar-refractivity contribution in [3.63, 3.8) is 0 Å². The second-order valence-electron chi connectivity index (χ2n) is 7.54. The predicted molar refractivity (Wildman–Crippen MR) is 99.0 cm³/mol. The Kier molecular flexibility index (Phi) is 5.64. The van der Waals surface area contributed by atoms with Gasteiger partial charge in [-0.2, -0.15) is 0 Å². The van der Waals surface area contributed by atoms with E-state index in [1.807, 2.05) is 12.1 Å². The topological polar surface area (TPSA) is 61.0 Å². The minimum absolute atomic E-state index is 0.0937. The minimum Gasteiger partial charge on any atom is -0.497 e. The summed E-state index contributed by atoms with van der Waals surface area (Å²) in [6.07, 6.45) is 4.23. The molecule has 4 rings (SSSR count). The average molecular weight is 362 g/mol. The van der Waals surface area contributed by atoms with E-state index in [2.05, 4.69) is 16.7 Å². The Balaban J connectivity index is 1.41. The average Bonchev–Trinajstić information content (AvgIpc) is 2.88. The standard InChI is InChI=1S/C20H30N2O4/c1-23-15-4-5-19-17(11-15)18(3-2-10-25-19)22-12-16-13-24-14-20(26-16)6-8-21-9-7-20/h4-5,11,16,18,21-22H,2-3,6-10,12-14H2,1H3. The van der Waals surface area contributed by atoms with Crippen molar-refractivity contribution in [1.29, 1.82) is 0 Å². The van der Waals surface area contributed by atoms with Gasteiger partial charge < -0.3 is 29.6 Å². The number of methoxy groups -OCH3 is 1. The second kappa shape index (κ2) is 8.13. The van der Waals surface area contributed by atoms with E-state index in [1.165, 1.54) is 5.56 Å². The quantitative estimate of drug-likeness (QED) is 0.855. The minimum atomic E-state index is -0.0937. The van der Waals surface area contributed by atoms with Crippen LogP contribution < -0.4 is 20.1 Å². The number of rotatable bonds is 4. The third-order valence-corrected chi connectivity index (χ3v) is 5.68. The molecular weight excluding hydrogens is 332 g/mol.